The molecular weight excluding hydrogens is 280 g/mol. The summed E-state index contributed by atoms with van der Waals surface area (Å²) in [6, 6.07) is 6.02. The van der Waals surface area contributed by atoms with Crippen LogP contribution >= 0.6 is 0 Å². The number of nitrogens with zero attached hydrogens (tertiary/aromatic N) is 2. The molecule has 0 bridgehead atoms. The summed E-state index contributed by atoms with van der Waals surface area (Å²) in [5.74, 6) is 0.688. The monoisotopic (exact) mass is 302 g/mol. The minimum atomic E-state index is -0.804. The Morgan fingerprint density at radius 2 is 2.27 bits per heavy atom. The van der Waals surface area contributed by atoms with Crippen molar-refractivity contribution in [3.8, 4) is 0 Å². The maximum atomic E-state index is 12.2. The smallest absolute Gasteiger partial charge is 0.240 e. The Morgan fingerprint density at radius 3 is 2.91 bits per heavy atom. The lowest BCUT2D eigenvalue weighted by atomic mass is 9.74. The van der Waals surface area contributed by atoms with Crippen molar-refractivity contribution in [3.05, 3.63) is 29.6 Å². The predicted octanol–water partition coefficient (Wildman–Crippen LogP) is 1.00. The Hall–Kier alpha value is -1.92. The molecule has 0 unspecified atom stereocenters. The first-order valence-electron chi connectivity index (χ1n) is 7.45. The molecule has 1 aliphatic rings. The summed E-state index contributed by atoms with van der Waals surface area (Å²) in [5.41, 5.74) is 8.50. The van der Waals surface area contributed by atoms with Gasteiger partial charge in [-0.3, -0.25) is 4.79 Å². The quantitative estimate of drug-likeness (QED) is 0.883. The zero-order valence-electron chi connectivity index (χ0n) is 13.2. The Balaban J connectivity index is 1.71. The van der Waals surface area contributed by atoms with Crippen LogP contribution in [0.3, 0.4) is 0 Å². The van der Waals surface area contributed by atoms with Gasteiger partial charge in [-0.25, -0.2) is 4.98 Å². The summed E-state index contributed by atoms with van der Waals surface area (Å²) in [5, 5.41) is 2.90. The highest BCUT2D eigenvalue weighted by Crippen LogP contribution is 2.32. The molecule has 1 saturated carbocycles. The van der Waals surface area contributed by atoms with Crippen LogP contribution in [0, 0.1) is 6.92 Å². The van der Waals surface area contributed by atoms with E-state index in [4.69, 9.17) is 10.5 Å². The summed E-state index contributed by atoms with van der Waals surface area (Å²) >= 11 is 0. The number of nitrogens with one attached hydrogen (secondary N) is 1. The first-order valence-corrected chi connectivity index (χ1v) is 7.45. The second-order valence-electron chi connectivity index (χ2n) is 6.13. The van der Waals surface area contributed by atoms with Gasteiger partial charge >= 0.3 is 0 Å². The lowest BCUT2D eigenvalue weighted by Crippen LogP contribution is -2.64. The van der Waals surface area contributed by atoms with Crippen molar-refractivity contribution in [2.45, 2.75) is 38.0 Å². The van der Waals surface area contributed by atoms with Gasteiger partial charge in [0.15, 0.2) is 0 Å². The zero-order chi connectivity index (χ0) is 15.9. The number of imidazole rings is 1. The third-order valence-corrected chi connectivity index (χ3v) is 4.56. The minimum Gasteiger partial charge on any atom is -0.381 e. The lowest BCUT2D eigenvalue weighted by Gasteiger charge is -2.42. The highest BCUT2D eigenvalue weighted by atomic mass is 16.5. The van der Waals surface area contributed by atoms with Crippen LogP contribution in [0.4, 0.5) is 0 Å². The molecule has 0 atom stereocenters. The maximum Gasteiger partial charge on any atom is 0.240 e. The van der Waals surface area contributed by atoms with Crippen molar-refractivity contribution in [1.29, 1.82) is 0 Å². The number of methoxy groups -OCH3 is 1. The number of nitrogens with two attached hydrogens (primary N) is 1. The Bertz CT molecular complexity index is 716. The third kappa shape index (κ3) is 2.38. The summed E-state index contributed by atoms with van der Waals surface area (Å²) in [7, 11) is 3.61. The number of rotatable bonds is 4. The highest BCUT2D eigenvalue weighted by molar-refractivity contribution is 5.87. The van der Waals surface area contributed by atoms with Gasteiger partial charge < -0.3 is 20.4 Å². The summed E-state index contributed by atoms with van der Waals surface area (Å²) in [6.07, 6.45) is 1.22. The van der Waals surface area contributed by atoms with Crippen LogP contribution in [0.15, 0.2) is 18.2 Å². The molecule has 3 rings (SSSR count). The predicted molar refractivity (Wildman–Crippen MR) is 84.2 cm³/mol. The molecule has 6 heteroatoms. The third-order valence-electron chi connectivity index (χ3n) is 4.56. The SMILES string of the molecule is COC1CC(N)(C(=O)NCc2nc3cccc(C)c3n2C)C1. The Morgan fingerprint density at radius 1 is 1.55 bits per heavy atom. The number of aromatic nitrogens is 2. The molecule has 0 radical (unpaired) electrons. The molecule has 0 spiro atoms. The van der Waals surface area contributed by atoms with Crippen molar-refractivity contribution < 1.29 is 9.53 Å². The van der Waals surface area contributed by atoms with Crippen LogP contribution in [0.2, 0.25) is 0 Å². The van der Waals surface area contributed by atoms with E-state index in [0.717, 1.165) is 16.9 Å². The van der Waals surface area contributed by atoms with E-state index in [9.17, 15) is 4.79 Å². The van der Waals surface area contributed by atoms with E-state index in [0.29, 0.717) is 19.4 Å². The van der Waals surface area contributed by atoms with Crippen LogP contribution in [0.25, 0.3) is 11.0 Å². The number of hydrogen-bond donors (Lipinski definition) is 2. The molecule has 0 saturated heterocycles. The zero-order valence-corrected chi connectivity index (χ0v) is 13.2. The molecule has 1 aliphatic carbocycles. The van der Waals surface area contributed by atoms with Crippen molar-refractivity contribution in [3.63, 3.8) is 0 Å². The minimum absolute atomic E-state index is 0.0918. The topological polar surface area (TPSA) is 82.2 Å². The molecular formula is C16H22N4O2. The van der Waals surface area contributed by atoms with Crippen molar-refractivity contribution in [1.82, 2.24) is 14.9 Å². The van der Waals surface area contributed by atoms with E-state index in [1.165, 1.54) is 5.56 Å². The van der Waals surface area contributed by atoms with Crippen LogP contribution in [0.5, 0.6) is 0 Å². The Labute approximate surface area is 129 Å². The molecule has 1 fully saturated rings. The first kappa shape index (κ1) is 15.0. The molecule has 22 heavy (non-hydrogen) atoms. The van der Waals surface area contributed by atoms with Gasteiger partial charge in [0, 0.05) is 27.0 Å². The first-order chi connectivity index (χ1) is 10.4. The van der Waals surface area contributed by atoms with Gasteiger partial charge in [-0.15, -0.1) is 0 Å². The van der Waals surface area contributed by atoms with Crippen LogP contribution in [-0.2, 0) is 23.1 Å². The fourth-order valence-electron chi connectivity index (χ4n) is 3.11. The second kappa shape index (κ2) is 5.37. The van der Waals surface area contributed by atoms with Gasteiger partial charge in [0.2, 0.25) is 5.91 Å². The van der Waals surface area contributed by atoms with Crippen LogP contribution in [-0.4, -0.2) is 34.2 Å². The molecule has 1 aromatic carbocycles. The van der Waals surface area contributed by atoms with E-state index in [-0.39, 0.29) is 12.0 Å². The number of para-hydroxylation sites is 1. The average Bonchev–Trinajstić information content (AvgIpc) is 2.79. The Kier molecular flexibility index (Phi) is 3.66. The largest absolute Gasteiger partial charge is 0.381 e. The summed E-state index contributed by atoms with van der Waals surface area (Å²) < 4.78 is 7.21. The number of hydrogen-bond acceptors (Lipinski definition) is 4. The molecule has 1 heterocycles. The fraction of sp³-hybridized carbons (Fsp3) is 0.500. The van der Waals surface area contributed by atoms with E-state index >= 15 is 0 Å². The van der Waals surface area contributed by atoms with Crippen LogP contribution < -0.4 is 11.1 Å². The van der Waals surface area contributed by atoms with E-state index in [1.807, 2.05) is 23.7 Å². The molecule has 3 N–H and O–H groups in total. The highest BCUT2D eigenvalue weighted by Gasteiger charge is 2.47. The number of ether oxygens (including phenoxy) is 1. The van der Waals surface area contributed by atoms with Gasteiger partial charge in [-0.1, -0.05) is 12.1 Å². The van der Waals surface area contributed by atoms with Crippen LogP contribution in [0.1, 0.15) is 24.2 Å². The standard InChI is InChI=1S/C16H22N4O2/c1-10-5-4-6-12-14(10)20(2)13(19-12)9-18-15(21)16(17)7-11(8-16)22-3/h4-6,11H,7-9,17H2,1-3H3,(H,18,21). The van der Waals surface area contributed by atoms with Crippen molar-refractivity contribution in [2.75, 3.05) is 7.11 Å². The maximum absolute atomic E-state index is 12.2. The van der Waals surface area contributed by atoms with Crippen molar-refractivity contribution >= 4 is 16.9 Å². The molecule has 1 amide bonds. The van der Waals surface area contributed by atoms with Gasteiger partial charge in [0.05, 0.1) is 23.7 Å². The number of benzene rings is 1. The van der Waals surface area contributed by atoms with E-state index in [1.54, 1.807) is 7.11 Å². The second-order valence-corrected chi connectivity index (χ2v) is 6.13. The van der Waals surface area contributed by atoms with Gasteiger partial charge in [-0.2, -0.15) is 0 Å². The number of carbonyl (C=O) groups is 1. The number of carbonyl (C=O) groups excluding carboxylic acids is 1. The normalized spacial score (nSPS) is 24.3. The molecule has 118 valence electrons. The van der Waals surface area contributed by atoms with Gasteiger partial charge in [0.25, 0.3) is 0 Å². The van der Waals surface area contributed by atoms with Gasteiger partial charge in [0.1, 0.15) is 11.4 Å². The molecule has 2 aromatic rings. The van der Waals surface area contributed by atoms with Gasteiger partial charge in [-0.05, 0) is 18.6 Å². The lowest BCUT2D eigenvalue weighted by molar-refractivity contribution is -0.135. The van der Waals surface area contributed by atoms with E-state index in [2.05, 4.69) is 23.3 Å². The summed E-state index contributed by atoms with van der Waals surface area (Å²) in [4.78, 5) is 16.8. The fourth-order valence-corrected chi connectivity index (χ4v) is 3.11. The van der Waals surface area contributed by atoms with Crippen molar-refractivity contribution in [2.24, 2.45) is 12.8 Å². The number of aryl methyl sites for hydroxylation is 2. The van der Waals surface area contributed by atoms with E-state index < -0.39 is 5.54 Å². The molecule has 0 aliphatic heterocycles. The molecule has 1 aromatic heterocycles. The number of fused-ring (bicyclic) bond motifs is 1. The number of amides is 1. The summed E-state index contributed by atoms with van der Waals surface area (Å²) in [6.45, 7) is 2.43. The molecule has 6 nitrogen and oxygen atoms in total. The average molecular weight is 302 g/mol.